The summed E-state index contributed by atoms with van der Waals surface area (Å²) in [6.45, 7) is 3.10. The number of sulfonamides is 1. The van der Waals surface area contributed by atoms with Crippen molar-refractivity contribution >= 4 is 26.7 Å². The molecule has 1 aliphatic rings. The monoisotopic (exact) mass is 427 g/mol. The Balaban J connectivity index is 1.59. The topological polar surface area (TPSA) is 70.6 Å². The van der Waals surface area contributed by atoms with Crippen LogP contribution in [0.5, 0.6) is 0 Å². The molecule has 2 aromatic carbocycles. The van der Waals surface area contributed by atoms with Crippen molar-refractivity contribution in [1.29, 1.82) is 0 Å². The largest absolute Gasteiger partial charge is 0.337 e. The van der Waals surface area contributed by atoms with Gasteiger partial charge in [0.15, 0.2) is 0 Å². The van der Waals surface area contributed by atoms with Crippen LogP contribution < -0.4 is 0 Å². The molecule has 1 amide bonds. The third kappa shape index (κ3) is 3.80. The molecule has 1 saturated heterocycles. The van der Waals surface area contributed by atoms with E-state index in [1.54, 1.807) is 29.4 Å². The van der Waals surface area contributed by atoms with Crippen LogP contribution in [0.3, 0.4) is 0 Å². The van der Waals surface area contributed by atoms with E-state index >= 15 is 0 Å². The fourth-order valence-electron chi connectivity index (χ4n) is 3.84. The summed E-state index contributed by atoms with van der Waals surface area (Å²) < 4.78 is 41.5. The SMILES string of the molecule is Cc1cncc2cccc(S(=O)(=O)N3CCCN(C(=O)c4ccc(F)cc4)CC3)c12. The Labute approximate surface area is 175 Å². The van der Waals surface area contributed by atoms with Crippen molar-refractivity contribution in [1.82, 2.24) is 14.2 Å². The minimum Gasteiger partial charge on any atom is -0.337 e. The van der Waals surface area contributed by atoms with Gasteiger partial charge in [0.05, 0.1) is 4.90 Å². The van der Waals surface area contributed by atoms with E-state index in [1.165, 1.54) is 28.6 Å². The van der Waals surface area contributed by atoms with Crippen molar-refractivity contribution in [3.05, 3.63) is 71.8 Å². The molecule has 4 rings (SSSR count). The highest BCUT2D eigenvalue weighted by Crippen LogP contribution is 2.28. The molecule has 0 saturated carbocycles. The lowest BCUT2D eigenvalue weighted by atomic mass is 10.1. The van der Waals surface area contributed by atoms with Gasteiger partial charge >= 0.3 is 0 Å². The molecule has 0 atom stereocenters. The van der Waals surface area contributed by atoms with Gasteiger partial charge in [0.25, 0.3) is 5.91 Å². The van der Waals surface area contributed by atoms with Crippen LogP contribution in [0, 0.1) is 12.7 Å². The number of hydrogen-bond acceptors (Lipinski definition) is 4. The first-order chi connectivity index (χ1) is 14.4. The predicted molar refractivity (Wildman–Crippen MR) is 112 cm³/mol. The van der Waals surface area contributed by atoms with E-state index in [2.05, 4.69) is 4.98 Å². The van der Waals surface area contributed by atoms with E-state index in [1.807, 2.05) is 13.0 Å². The van der Waals surface area contributed by atoms with Gasteiger partial charge in [-0.1, -0.05) is 12.1 Å². The molecule has 0 unspecified atom stereocenters. The molecule has 1 aliphatic heterocycles. The number of fused-ring (bicyclic) bond motifs is 1. The van der Waals surface area contributed by atoms with Gasteiger partial charge in [0.2, 0.25) is 10.0 Å². The van der Waals surface area contributed by atoms with Crippen molar-refractivity contribution in [3.63, 3.8) is 0 Å². The first-order valence-corrected chi connectivity index (χ1v) is 11.2. The number of pyridine rings is 1. The minimum absolute atomic E-state index is 0.204. The summed E-state index contributed by atoms with van der Waals surface area (Å²) in [6, 6.07) is 10.6. The van der Waals surface area contributed by atoms with Crippen LogP contribution in [0.4, 0.5) is 4.39 Å². The lowest BCUT2D eigenvalue weighted by Crippen LogP contribution is -2.37. The summed E-state index contributed by atoms with van der Waals surface area (Å²) in [5, 5.41) is 1.45. The van der Waals surface area contributed by atoms with E-state index in [9.17, 15) is 17.6 Å². The second kappa shape index (κ2) is 8.12. The number of benzene rings is 2. The van der Waals surface area contributed by atoms with Gasteiger partial charge in [-0.15, -0.1) is 0 Å². The zero-order valence-corrected chi connectivity index (χ0v) is 17.4. The Morgan fingerprint density at radius 3 is 2.53 bits per heavy atom. The van der Waals surface area contributed by atoms with Gasteiger partial charge in [-0.3, -0.25) is 9.78 Å². The molecule has 2 heterocycles. The molecule has 156 valence electrons. The molecule has 3 aromatic rings. The van der Waals surface area contributed by atoms with Crippen molar-refractivity contribution in [3.8, 4) is 0 Å². The summed E-state index contributed by atoms with van der Waals surface area (Å²) in [5.74, 6) is -0.624. The van der Waals surface area contributed by atoms with Crippen LogP contribution in [0.25, 0.3) is 10.8 Å². The first kappa shape index (κ1) is 20.4. The van der Waals surface area contributed by atoms with Crippen molar-refractivity contribution in [2.45, 2.75) is 18.2 Å². The lowest BCUT2D eigenvalue weighted by Gasteiger charge is -2.23. The van der Waals surface area contributed by atoms with Gasteiger partial charge in [-0.05, 0) is 49.2 Å². The van der Waals surface area contributed by atoms with E-state index < -0.39 is 15.8 Å². The third-order valence-corrected chi connectivity index (χ3v) is 7.33. The van der Waals surface area contributed by atoms with Crippen molar-refractivity contribution in [2.75, 3.05) is 26.2 Å². The molecule has 0 aliphatic carbocycles. The minimum atomic E-state index is -3.74. The molecule has 1 aromatic heterocycles. The van der Waals surface area contributed by atoms with Crippen LogP contribution in [-0.4, -0.2) is 54.7 Å². The maximum atomic E-state index is 13.5. The van der Waals surface area contributed by atoms with Gasteiger partial charge in [-0.25, -0.2) is 12.8 Å². The summed E-state index contributed by atoms with van der Waals surface area (Å²) in [4.78, 5) is 18.8. The quantitative estimate of drug-likeness (QED) is 0.644. The second-order valence-corrected chi connectivity index (χ2v) is 9.27. The molecule has 0 spiro atoms. The predicted octanol–water partition coefficient (Wildman–Crippen LogP) is 3.22. The second-order valence-electron chi connectivity index (χ2n) is 7.37. The highest BCUT2D eigenvalue weighted by molar-refractivity contribution is 7.89. The van der Waals surface area contributed by atoms with Gasteiger partial charge in [0.1, 0.15) is 5.82 Å². The third-order valence-electron chi connectivity index (χ3n) is 5.39. The van der Waals surface area contributed by atoms with E-state index in [-0.39, 0.29) is 23.9 Å². The number of rotatable bonds is 3. The Morgan fingerprint density at radius 1 is 1.00 bits per heavy atom. The molecular weight excluding hydrogens is 405 g/mol. The molecule has 30 heavy (non-hydrogen) atoms. The van der Waals surface area contributed by atoms with E-state index in [4.69, 9.17) is 0 Å². The van der Waals surface area contributed by atoms with Crippen molar-refractivity contribution in [2.24, 2.45) is 0 Å². The highest BCUT2D eigenvalue weighted by atomic mass is 32.2. The maximum Gasteiger partial charge on any atom is 0.253 e. The van der Waals surface area contributed by atoms with Crippen LogP contribution in [0.1, 0.15) is 22.3 Å². The molecule has 0 N–H and O–H groups in total. The Bertz CT molecular complexity index is 1190. The Morgan fingerprint density at radius 2 is 1.77 bits per heavy atom. The van der Waals surface area contributed by atoms with Gasteiger partial charge < -0.3 is 4.90 Å². The molecule has 1 fully saturated rings. The summed E-state index contributed by atoms with van der Waals surface area (Å²) in [5.41, 5.74) is 1.19. The van der Waals surface area contributed by atoms with Crippen molar-refractivity contribution < 1.29 is 17.6 Å². The summed E-state index contributed by atoms with van der Waals surface area (Å²) in [6.07, 6.45) is 3.84. The molecule has 0 bridgehead atoms. The maximum absolute atomic E-state index is 13.5. The number of aromatic nitrogens is 1. The molecule has 8 heteroatoms. The Hall–Kier alpha value is -2.84. The molecular formula is C22H22FN3O3S. The van der Waals surface area contributed by atoms with E-state index in [0.29, 0.717) is 30.5 Å². The Kier molecular flexibility index (Phi) is 5.53. The fourth-order valence-corrected chi connectivity index (χ4v) is 5.59. The number of aryl methyl sites for hydroxylation is 1. The summed E-state index contributed by atoms with van der Waals surface area (Å²) >= 11 is 0. The summed E-state index contributed by atoms with van der Waals surface area (Å²) in [7, 11) is -3.74. The van der Waals surface area contributed by atoms with Gasteiger partial charge in [0, 0.05) is 54.9 Å². The number of carbonyl (C=O) groups is 1. The normalized spacial score (nSPS) is 15.9. The number of hydrogen-bond donors (Lipinski definition) is 0. The zero-order chi connectivity index (χ0) is 21.3. The van der Waals surface area contributed by atoms with Crippen LogP contribution in [0.15, 0.2) is 59.8 Å². The van der Waals surface area contributed by atoms with Crippen LogP contribution in [-0.2, 0) is 10.0 Å². The zero-order valence-electron chi connectivity index (χ0n) is 16.6. The number of amides is 1. The van der Waals surface area contributed by atoms with Gasteiger partial charge in [-0.2, -0.15) is 4.31 Å². The van der Waals surface area contributed by atoms with Crippen LogP contribution >= 0.6 is 0 Å². The van der Waals surface area contributed by atoms with Crippen LogP contribution in [0.2, 0.25) is 0 Å². The first-order valence-electron chi connectivity index (χ1n) is 9.76. The molecule has 0 radical (unpaired) electrons. The fraction of sp³-hybridized carbons (Fsp3) is 0.273. The average molecular weight is 428 g/mol. The lowest BCUT2D eigenvalue weighted by molar-refractivity contribution is 0.0764. The average Bonchev–Trinajstić information content (AvgIpc) is 3.00. The number of halogens is 1. The van der Waals surface area contributed by atoms with E-state index in [0.717, 1.165) is 10.9 Å². The molecule has 6 nitrogen and oxygen atoms in total. The number of nitrogens with zero attached hydrogens (tertiary/aromatic N) is 3. The smallest absolute Gasteiger partial charge is 0.253 e. The number of carbonyl (C=O) groups excluding carboxylic acids is 1. The highest BCUT2D eigenvalue weighted by Gasteiger charge is 2.30. The standard InChI is InChI=1S/C22H22FN3O3S/c1-16-14-24-15-18-4-2-5-20(21(16)18)30(28,29)26-11-3-10-25(12-13-26)22(27)17-6-8-19(23)9-7-17/h2,4-9,14-15H,3,10-13H2,1H3.